The molecule has 1 unspecified atom stereocenters. The molecular formula is C24H40N4O4S. The van der Waals surface area contributed by atoms with Crippen molar-refractivity contribution in [2.24, 2.45) is 0 Å². The molecule has 1 aromatic carbocycles. The predicted octanol–water partition coefficient (Wildman–Crippen LogP) is 3.71. The number of ether oxygens (including phenoxy) is 1. The van der Waals surface area contributed by atoms with E-state index in [4.69, 9.17) is 4.74 Å². The molecule has 3 atom stereocenters. The van der Waals surface area contributed by atoms with Crippen LogP contribution in [0.3, 0.4) is 0 Å². The number of piperidine rings is 1. The van der Waals surface area contributed by atoms with E-state index in [0.717, 1.165) is 23.5 Å². The summed E-state index contributed by atoms with van der Waals surface area (Å²) in [6, 6.07) is 6.12. The number of aryl methyl sites for hydroxylation is 1. The molecule has 9 heteroatoms. The number of hydrogen-bond donors (Lipinski definition) is 2. The van der Waals surface area contributed by atoms with E-state index >= 15 is 0 Å². The number of likely N-dealkylation sites (tertiary alicyclic amines) is 1. The minimum absolute atomic E-state index is 0.139. The van der Waals surface area contributed by atoms with Crippen molar-refractivity contribution in [2.45, 2.75) is 90.3 Å². The molecule has 2 aliphatic heterocycles. The van der Waals surface area contributed by atoms with Crippen molar-refractivity contribution in [2.75, 3.05) is 29.9 Å². The lowest BCUT2D eigenvalue weighted by Crippen LogP contribution is -2.52. The quantitative estimate of drug-likeness (QED) is 0.686. The average Bonchev–Trinajstić information content (AvgIpc) is 2.71. The Balaban J connectivity index is 1.58. The number of urea groups is 1. The Morgan fingerprint density at radius 1 is 1.12 bits per heavy atom. The van der Waals surface area contributed by atoms with Crippen LogP contribution in [0.15, 0.2) is 18.2 Å². The Morgan fingerprint density at radius 3 is 2.33 bits per heavy atom. The van der Waals surface area contributed by atoms with Crippen molar-refractivity contribution in [1.29, 1.82) is 0 Å². The molecule has 2 fully saturated rings. The number of amides is 2. The number of sulfonamides is 1. The molecule has 3 rings (SSSR count). The third-order valence-corrected chi connectivity index (χ3v) is 9.02. The number of anilines is 2. The van der Waals surface area contributed by atoms with Crippen molar-refractivity contribution in [1.82, 2.24) is 9.62 Å². The normalized spacial score (nSPS) is 25.2. The molecule has 8 nitrogen and oxygen atoms in total. The van der Waals surface area contributed by atoms with Crippen LogP contribution in [0.25, 0.3) is 0 Å². The van der Waals surface area contributed by atoms with E-state index in [1.807, 2.05) is 13.0 Å². The van der Waals surface area contributed by atoms with E-state index in [0.29, 0.717) is 25.9 Å². The first-order chi connectivity index (χ1) is 15.3. The lowest BCUT2D eigenvalue weighted by Gasteiger charge is -2.42. The van der Waals surface area contributed by atoms with Crippen LogP contribution < -0.4 is 14.9 Å². The Labute approximate surface area is 199 Å². The maximum absolute atomic E-state index is 12.8. The van der Waals surface area contributed by atoms with Gasteiger partial charge in [-0.05, 0) is 85.1 Å². The Kier molecular flexibility index (Phi) is 7.65. The molecule has 0 saturated carbocycles. The van der Waals surface area contributed by atoms with Crippen molar-refractivity contribution in [3.05, 3.63) is 23.8 Å². The highest BCUT2D eigenvalue weighted by molar-refractivity contribution is 7.90. The smallest absolute Gasteiger partial charge is 0.321 e. The molecule has 0 aliphatic carbocycles. The zero-order chi connectivity index (χ0) is 24.6. The molecule has 0 spiro atoms. The topological polar surface area (TPSA) is 91.0 Å². The highest BCUT2D eigenvalue weighted by Gasteiger charge is 2.33. The van der Waals surface area contributed by atoms with Crippen LogP contribution in [0.2, 0.25) is 0 Å². The fourth-order valence-corrected chi connectivity index (χ4v) is 5.35. The van der Waals surface area contributed by atoms with Gasteiger partial charge in [0.05, 0.1) is 23.0 Å². The minimum atomic E-state index is -3.39. The summed E-state index contributed by atoms with van der Waals surface area (Å²) in [6.07, 6.45) is 1.54. The van der Waals surface area contributed by atoms with E-state index in [9.17, 15) is 13.2 Å². The molecule has 2 N–H and O–H groups in total. The Hall–Kier alpha value is -1.84. The van der Waals surface area contributed by atoms with Crippen molar-refractivity contribution in [3.8, 4) is 0 Å². The maximum atomic E-state index is 12.8. The van der Waals surface area contributed by atoms with Gasteiger partial charge >= 0.3 is 6.03 Å². The summed E-state index contributed by atoms with van der Waals surface area (Å²) in [7, 11) is -3.39. The minimum Gasteiger partial charge on any atom is -0.372 e. The second-order valence-electron chi connectivity index (χ2n) is 10.5. The van der Waals surface area contributed by atoms with E-state index in [2.05, 4.69) is 47.8 Å². The lowest BCUT2D eigenvalue weighted by atomic mass is 10.1. The van der Waals surface area contributed by atoms with Crippen molar-refractivity contribution < 1.29 is 17.9 Å². The van der Waals surface area contributed by atoms with Crippen LogP contribution in [-0.2, 0) is 14.8 Å². The summed E-state index contributed by atoms with van der Waals surface area (Å²) in [4.78, 5) is 17.0. The summed E-state index contributed by atoms with van der Waals surface area (Å²) in [5.74, 6) is 0. The number of nitrogens with one attached hydrogen (secondary N) is 2. The predicted molar refractivity (Wildman–Crippen MR) is 133 cm³/mol. The first-order valence-electron chi connectivity index (χ1n) is 11.9. The monoisotopic (exact) mass is 480 g/mol. The molecule has 2 amide bonds. The van der Waals surface area contributed by atoms with E-state index in [1.165, 1.54) is 0 Å². The molecule has 1 aromatic rings. The number of benzene rings is 1. The van der Waals surface area contributed by atoms with Crippen LogP contribution in [0.1, 0.15) is 59.9 Å². The zero-order valence-corrected chi connectivity index (χ0v) is 21.8. The molecule has 33 heavy (non-hydrogen) atoms. The second kappa shape index (κ2) is 9.80. The molecule has 2 heterocycles. The Morgan fingerprint density at radius 2 is 1.76 bits per heavy atom. The molecule has 2 aliphatic rings. The summed E-state index contributed by atoms with van der Waals surface area (Å²) in [6.45, 7) is 15.3. The molecule has 2 saturated heterocycles. The zero-order valence-electron chi connectivity index (χ0n) is 21.0. The fourth-order valence-electron chi connectivity index (χ4n) is 4.32. The molecule has 186 valence electrons. The number of nitrogens with zero attached hydrogens (tertiary/aromatic N) is 2. The molecule has 0 radical (unpaired) electrons. The summed E-state index contributed by atoms with van der Waals surface area (Å²) >= 11 is 0. The van der Waals surface area contributed by atoms with Crippen LogP contribution in [0.4, 0.5) is 16.2 Å². The lowest BCUT2D eigenvalue weighted by molar-refractivity contribution is -0.0257. The highest BCUT2D eigenvalue weighted by atomic mass is 32.2. The Bertz CT molecular complexity index is 952. The van der Waals surface area contributed by atoms with Crippen molar-refractivity contribution in [3.63, 3.8) is 0 Å². The van der Waals surface area contributed by atoms with Gasteiger partial charge in [0.15, 0.2) is 0 Å². The van der Waals surface area contributed by atoms with Gasteiger partial charge in [0.25, 0.3) is 0 Å². The highest BCUT2D eigenvalue weighted by Crippen LogP contribution is 2.29. The number of carbonyl (C=O) groups is 1. The number of hydrogen-bond acceptors (Lipinski definition) is 5. The van der Waals surface area contributed by atoms with Crippen molar-refractivity contribution >= 4 is 27.4 Å². The first kappa shape index (κ1) is 25.8. The standard InChI is InChI=1S/C24H40N4O4S/c1-16-14-21(28-15-17(2)32-19(4)18(28)3)8-9-22(16)25-23(29)27-12-10-20(11-13-27)26-33(30,31)24(5,6)7/h8-9,14,17-20,26H,10-13,15H2,1-7H3,(H,25,29)/t17-,18?,19+/m0/s1. The van der Waals surface area contributed by atoms with E-state index in [1.54, 1.807) is 25.7 Å². The van der Waals surface area contributed by atoms with Gasteiger partial charge in [0.1, 0.15) is 0 Å². The van der Waals surface area contributed by atoms with Gasteiger partial charge in [-0.2, -0.15) is 0 Å². The maximum Gasteiger partial charge on any atom is 0.321 e. The summed E-state index contributed by atoms with van der Waals surface area (Å²) < 4.78 is 32.7. The molecule has 0 bridgehead atoms. The second-order valence-corrected chi connectivity index (χ2v) is 12.9. The fraction of sp³-hybridized carbons (Fsp3) is 0.708. The van der Waals surface area contributed by atoms with Gasteiger partial charge in [0.2, 0.25) is 10.0 Å². The molecular weight excluding hydrogens is 440 g/mol. The summed E-state index contributed by atoms with van der Waals surface area (Å²) in [5.41, 5.74) is 2.93. The molecule has 0 aromatic heterocycles. The third-order valence-electron chi connectivity index (χ3n) is 6.77. The van der Waals surface area contributed by atoms with E-state index in [-0.39, 0.29) is 30.3 Å². The van der Waals surface area contributed by atoms with Crippen LogP contribution in [0.5, 0.6) is 0 Å². The van der Waals surface area contributed by atoms with Crippen LogP contribution in [-0.4, -0.2) is 68.0 Å². The van der Waals surface area contributed by atoms with Crippen LogP contribution >= 0.6 is 0 Å². The number of carbonyl (C=O) groups excluding carboxylic acids is 1. The van der Waals surface area contributed by atoms with Gasteiger partial charge < -0.3 is 19.9 Å². The SMILES string of the molecule is Cc1cc(N2C[C@H](C)O[C@H](C)C2C)ccc1NC(=O)N1CCC(NS(=O)(=O)C(C)(C)C)CC1. The van der Waals surface area contributed by atoms with Crippen LogP contribution in [0, 0.1) is 6.92 Å². The van der Waals surface area contributed by atoms with Gasteiger partial charge in [0, 0.05) is 37.1 Å². The largest absolute Gasteiger partial charge is 0.372 e. The summed E-state index contributed by atoms with van der Waals surface area (Å²) in [5, 5.41) is 3.03. The van der Waals surface area contributed by atoms with Gasteiger partial charge in [-0.25, -0.2) is 17.9 Å². The van der Waals surface area contributed by atoms with Gasteiger partial charge in [-0.1, -0.05) is 0 Å². The van der Waals surface area contributed by atoms with Gasteiger partial charge in [-0.15, -0.1) is 0 Å². The third kappa shape index (κ3) is 6.00. The first-order valence-corrected chi connectivity index (χ1v) is 13.4. The number of morpholine rings is 1. The average molecular weight is 481 g/mol. The van der Waals surface area contributed by atoms with E-state index < -0.39 is 14.8 Å². The van der Waals surface area contributed by atoms with Gasteiger partial charge in [-0.3, -0.25) is 0 Å². The number of rotatable bonds is 4.